The number of hydrogen-bond donors (Lipinski definition) is 0. The van der Waals surface area contributed by atoms with E-state index in [-0.39, 0.29) is 0 Å². The second-order valence-corrected chi connectivity index (χ2v) is 3.85. The van der Waals surface area contributed by atoms with Crippen molar-refractivity contribution in [2.75, 3.05) is 5.75 Å². The predicted octanol–water partition coefficient (Wildman–Crippen LogP) is 3.11. The van der Waals surface area contributed by atoms with Gasteiger partial charge in [0.05, 0.1) is 0 Å². The molecule has 0 aromatic carbocycles. The number of nitrogens with zero attached hydrogens (tertiary/aromatic N) is 2. The molecule has 0 fully saturated rings. The summed E-state index contributed by atoms with van der Waals surface area (Å²) in [6.45, 7) is 11.6. The maximum atomic E-state index is 4.28. The molecule has 0 atom stereocenters. The van der Waals surface area contributed by atoms with Crippen molar-refractivity contribution in [2.24, 2.45) is 9.98 Å². The van der Waals surface area contributed by atoms with Crippen molar-refractivity contribution in [2.45, 2.75) is 27.7 Å². The van der Waals surface area contributed by atoms with E-state index in [1.54, 1.807) is 11.8 Å². The number of aliphatic imine (C=N–C) groups is 2. The van der Waals surface area contributed by atoms with E-state index in [9.17, 15) is 0 Å². The molecule has 0 aliphatic rings. The average Bonchev–Trinajstić information content (AvgIpc) is 1.84. The van der Waals surface area contributed by atoms with Crippen LogP contribution in [0.25, 0.3) is 0 Å². The largest absolute Gasteiger partial charge is 0.233 e. The van der Waals surface area contributed by atoms with Gasteiger partial charge in [0.2, 0.25) is 0 Å². The minimum absolute atomic E-state index is 0.802. The zero-order chi connectivity index (χ0) is 9.56. The molecule has 0 unspecified atom stereocenters. The number of amidine groups is 1. The third kappa shape index (κ3) is 6.16. The zero-order valence-corrected chi connectivity index (χ0v) is 9.03. The summed E-state index contributed by atoms with van der Waals surface area (Å²) >= 11 is 1.63. The molecular formula is C9H16N2S. The van der Waals surface area contributed by atoms with E-state index < -0.39 is 0 Å². The smallest absolute Gasteiger partial charge is 0.187 e. The monoisotopic (exact) mass is 184 g/mol. The molecule has 0 heterocycles. The Hall–Kier alpha value is -0.570. The first-order valence-corrected chi connectivity index (χ1v) is 4.93. The van der Waals surface area contributed by atoms with Crippen molar-refractivity contribution in [1.82, 2.24) is 0 Å². The summed E-state index contributed by atoms with van der Waals surface area (Å²) < 4.78 is 0. The lowest BCUT2D eigenvalue weighted by molar-refractivity contribution is 1.32. The van der Waals surface area contributed by atoms with Crippen LogP contribution in [0, 0.1) is 0 Å². The van der Waals surface area contributed by atoms with Crippen LogP contribution >= 0.6 is 11.8 Å². The van der Waals surface area contributed by atoms with Crippen LogP contribution in [-0.4, -0.2) is 16.6 Å². The minimum atomic E-state index is 0.802. The van der Waals surface area contributed by atoms with Crippen LogP contribution in [0.1, 0.15) is 27.7 Å². The van der Waals surface area contributed by atoms with Gasteiger partial charge < -0.3 is 0 Å². The molecule has 0 aliphatic heterocycles. The molecule has 0 radical (unpaired) electrons. The van der Waals surface area contributed by atoms with Crippen LogP contribution < -0.4 is 0 Å². The second kappa shape index (κ2) is 6.00. The Morgan fingerprint density at radius 3 is 2.17 bits per heavy atom. The molecule has 0 aromatic heterocycles. The molecular weight excluding hydrogens is 168 g/mol. The average molecular weight is 184 g/mol. The Morgan fingerprint density at radius 2 is 1.83 bits per heavy atom. The molecule has 12 heavy (non-hydrogen) atoms. The molecule has 0 bridgehead atoms. The summed E-state index contributed by atoms with van der Waals surface area (Å²) in [6.07, 6.45) is 0. The topological polar surface area (TPSA) is 24.7 Å². The minimum Gasteiger partial charge on any atom is -0.233 e. The number of hydrogen-bond acceptors (Lipinski definition) is 2. The Labute approximate surface area is 78.9 Å². The van der Waals surface area contributed by atoms with Crippen LogP contribution in [0.5, 0.6) is 0 Å². The van der Waals surface area contributed by atoms with Crippen molar-refractivity contribution in [3.05, 3.63) is 12.3 Å². The lowest BCUT2D eigenvalue weighted by atomic mass is 10.5. The predicted molar refractivity (Wildman–Crippen MR) is 59.2 cm³/mol. The number of thioether (sulfide) groups is 1. The van der Waals surface area contributed by atoms with Gasteiger partial charge in [0.25, 0.3) is 0 Å². The zero-order valence-electron chi connectivity index (χ0n) is 8.22. The van der Waals surface area contributed by atoms with Gasteiger partial charge in [-0.1, -0.05) is 25.3 Å². The molecule has 0 rings (SSSR count). The Bertz CT molecular complexity index is 213. The fourth-order valence-corrected chi connectivity index (χ4v) is 1.30. The van der Waals surface area contributed by atoms with Crippen LogP contribution in [0.3, 0.4) is 0 Å². The first-order valence-electron chi connectivity index (χ1n) is 3.95. The Kier molecular flexibility index (Phi) is 5.72. The van der Waals surface area contributed by atoms with Crippen LogP contribution in [0.4, 0.5) is 0 Å². The van der Waals surface area contributed by atoms with Gasteiger partial charge in [0, 0.05) is 11.4 Å². The summed E-state index contributed by atoms with van der Waals surface area (Å²) in [7, 11) is 0. The normalized spacial score (nSPS) is 11.2. The van der Waals surface area contributed by atoms with Gasteiger partial charge in [-0.25, -0.2) is 9.98 Å². The third-order valence-corrected chi connectivity index (χ3v) is 1.61. The van der Waals surface area contributed by atoms with Gasteiger partial charge >= 0.3 is 0 Å². The van der Waals surface area contributed by atoms with Crippen molar-refractivity contribution >= 4 is 22.6 Å². The lowest BCUT2D eigenvalue weighted by Gasteiger charge is -1.98. The van der Waals surface area contributed by atoms with E-state index in [1.807, 2.05) is 20.8 Å². The first-order chi connectivity index (χ1) is 5.56. The van der Waals surface area contributed by atoms with Crippen molar-refractivity contribution in [1.29, 1.82) is 0 Å². The molecule has 0 amide bonds. The summed E-state index contributed by atoms with van der Waals surface area (Å²) in [4.78, 5) is 8.48. The first kappa shape index (κ1) is 11.4. The van der Waals surface area contributed by atoms with Crippen molar-refractivity contribution < 1.29 is 0 Å². The molecule has 2 nitrogen and oxygen atoms in total. The molecule has 3 heteroatoms. The van der Waals surface area contributed by atoms with E-state index in [1.165, 1.54) is 0 Å². The van der Waals surface area contributed by atoms with E-state index >= 15 is 0 Å². The number of rotatable bonds is 2. The summed E-state index contributed by atoms with van der Waals surface area (Å²) in [5, 5.41) is 0.810. The quantitative estimate of drug-likeness (QED) is 0.478. The molecule has 0 spiro atoms. The maximum absolute atomic E-state index is 4.28. The van der Waals surface area contributed by atoms with Gasteiger partial charge in [-0.05, 0) is 26.5 Å². The van der Waals surface area contributed by atoms with Crippen LogP contribution in [0.2, 0.25) is 0 Å². The molecule has 0 aliphatic carbocycles. The second-order valence-electron chi connectivity index (χ2n) is 2.62. The number of allylic oxidation sites excluding steroid dienone is 1. The highest BCUT2D eigenvalue weighted by Gasteiger charge is 1.95. The van der Waals surface area contributed by atoms with Crippen molar-refractivity contribution in [3.63, 3.8) is 0 Å². The van der Waals surface area contributed by atoms with E-state index in [2.05, 4.69) is 23.5 Å². The Balaban J connectivity index is 4.43. The van der Waals surface area contributed by atoms with Gasteiger partial charge in [-0.15, -0.1) is 0 Å². The van der Waals surface area contributed by atoms with Crippen LogP contribution in [0.15, 0.2) is 22.3 Å². The van der Waals surface area contributed by atoms with E-state index in [0.29, 0.717) is 0 Å². The summed E-state index contributed by atoms with van der Waals surface area (Å²) in [5.74, 6) is 0.989. The molecule has 0 aromatic rings. The standard InChI is InChI=1S/C9H16N2S/c1-6-12-9(10-7(2)3)11-8(4)5/h2,6H2,1,3-5H3/b10-9+. The van der Waals surface area contributed by atoms with E-state index in [4.69, 9.17) is 0 Å². The van der Waals surface area contributed by atoms with Gasteiger partial charge in [0.15, 0.2) is 5.17 Å². The fraction of sp³-hybridized carbons (Fsp3) is 0.556. The molecule has 0 saturated heterocycles. The van der Waals surface area contributed by atoms with Crippen molar-refractivity contribution in [3.8, 4) is 0 Å². The lowest BCUT2D eigenvalue weighted by Crippen LogP contribution is -1.93. The third-order valence-electron chi connectivity index (χ3n) is 0.879. The van der Waals surface area contributed by atoms with Gasteiger partial charge in [0.1, 0.15) is 0 Å². The SMILES string of the molecule is C=C(C)/N=C(\N=C(C)C)SCC. The molecule has 68 valence electrons. The summed E-state index contributed by atoms with van der Waals surface area (Å²) in [5.41, 5.74) is 1.83. The maximum Gasteiger partial charge on any atom is 0.187 e. The Morgan fingerprint density at radius 1 is 1.25 bits per heavy atom. The van der Waals surface area contributed by atoms with Crippen LogP contribution in [-0.2, 0) is 0 Å². The summed E-state index contributed by atoms with van der Waals surface area (Å²) in [6, 6.07) is 0. The van der Waals surface area contributed by atoms with E-state index in [0.717, 1.165) is 22.3 Å². The molecule has 0 N–H and O–H groups in total. The molecule has 0 saturated carbocycles. The fourth-order valence-electron chi connectivity index (χ4n) is 0.573. The van der Waals surface area contributed by atoms with Gasteiger partial charge in [-0.2, -0.15) is 0 Å². The highest BCUT2D eigenvalue weighted by molar-refractivity contribution is 8.13. The van der Waals surface area contributed by atoms with Gasteiger partial charge in [-0.3, -0.25) is 0 Å². The highest BCUT2D eigenvalue weighted by atomic mass is 32.2. The highest BCUT2D eigenvalue weighted by Crippen LogP contribution is 2.07.